The van der Waals surface area contributed by atoms with Crippen molar-refractivity contribution in [2.45, 2.75) is 183 Å². The van der Waals surface area contributed by atoms with Crippen LogP contribution in [-0.2, 0) is 37.9 Å². The molecule has 3 aromatic heterocycles. The van der Waals surface area contributed by atoms with Gasteiger partial charge in [-0.25, -0.2) is 0 Å². The normalized spacial score (nSPS) is 13.5. The predicted octanol–water partition coefficient (Wildman–Crippen LogP) is 29.0. The third kappa shape index (κ3) is 13.0. The third-order valence-corrected chi connectivity index (χ3v) is 26.1. The maximum absolute atomic E-state index is 11.7. The first-order valence-electron chi connectivity index (χ1n) is 43.1. The first-order valence-corrected chi connectivity index (χ1v) is 43.1. The molecule has 0 amide bonds. The minimum absolute atomic E-state index is 0.0810. The largest absolute Gasteiger partial charge is 0.311 e. The molecule has 19 rings (SSSR count). The number of aromatic nitrogens is 3. The van der Waals surface area contributed by atoms with E-state index in [1.165, 1.54) is 87.9 Å². The zero-order chi connectivity index (χ0) is 84.1. The molecule has 0 radical (unpaired) electrons. The van der Waals surface area contributed by atoms with E-state index in [9.17, 15) is 5.26 Å². The summed E-state index contributed by atoms with van der Waals surface area (Å²) in [5, 5.41) is 18.9. The quantitative estimate of drug-likeness (QED) is 0.142. The number of hydrogen-bond donors (Lipinski definition) is 0. The highest BCUT2D eigenvalue weighted by molar-refractivity contribution is 7.00. The summed E-state index contributed by atoms with van der Waals surface area (Å²) in [6, 6.07) is 111. The van der Waals surface area contributed by atoms with Crippen LogP contribution in [0.5, 0.6) is 0 Å². The van der Waals surface area contributed by atoms with Crippen LogP contribution in [0.2, 0.25) is 0 Å². The molecular weight excluding hydrogens is 1450 g/mol. The van der Waals surface area contributed by atoms with Gasteiger partial charge in [-0.2, -0.15) is 5.26 Å². The van der Waals surface area contributed by atoms with Gasteiger partial charge < -0.3 is 23.5 Å². The van der Waals surface area contributed by atoms with Crippen LogP contribution in [0, 0.1) is 11.3 Å². The third-order valence-electron chi connectivity index (χ3n) is 26.1. The first kappa shape index (κ1) is 77.5. The summed E-state index contributed by atoms with van der Waals surface area (Å²) >= 11 is 0. The number of fused-ring (bicyclic) bond motifs is 13. The van der Waals surface area contributed by atoms with Crippen LogP contribution in [0.4, 0.5) is 34.1 Å². The number of hydrogen-bond acceptors (Lipinski definition) is 3. The van der Waals surface area contributed by atoms with E-state index < -0.39 is 0 Å². The highest BCUT2D eigenvalue weighted by Crippen LogP contribution is 2.52. The lowest BCUT2D eigenvalue weighted by Crippen LogP contribution is -2.61. The minimum atomic E-state index is -0.310. The van der Waals surface area contributed by atoms with Crippen molar-refractivity contribution < 1.29 is 0 Å². The molecule has 7 heteroatoms. The molecule has 17 aromatic rings. The van der Waals surface area contributed by atoms with Crippen LogP contribution in [0.15, 0.2) is 279 Å². The highest BCUT2D eigenvalue weighted by atomic mass is 15.2. The molecule has 0 fully saturated rings. The van der Waals surface area contributed by atoms with Crippen molar-refractivity contribution in [2.24, 2.45) is 0 Å². The van der Waals surface area contributed by atoms with Gasteiger partial charge >= 0.3 is 0 Å². The van der Waals surface area contributed by atoms with Crippen molar-refractivity contribution in [2.75, 3.05) is 9.80 Å². The maximum Gasteiger partial charge on any atom is 0.252 e. The number of anilines is 6. The van der Waals surface area contributed by atoms with Gasteiger partial charge in [0, 0.05) is 77.8 Å². The minimum Gasteiger partial charge on any atom is -0.311 e. The van der Waals surface area contributed by atoms with Crippen LogP contribution in [-0.4, -0.2) is 20.4 Å². The Kier molecular flexibility index (Phi) is 17.7. The molecule has 0 spiro atoms. The Bertz CT molecular complexity index is 6930. The van der Waals surface area contributed by atoms with Crippen molar-refractivity contribution in [3.8, 4) is 56.5 Å². The fraction of sp³-hybridized carbons (Fsp3) is 0.248. The molecule has 2 aliphatic heterocycles. The van der Waals surface area contributed by atoms with E-state index in [0.29, 0.717) is 5.56 Å². The summed E-state index contributed by atoms with van der Waals surface area (Å²) in [5.74, 6) is 0. The summed E-state index contributed by atoms with van der Waals surface area (Å²) in [7, 11) is 0. The van der Waals surface area contributed by atoms with E-state index in [1.54, 1.807) is 0 Å². The smallest absolute Gasteiger partial charge is 0.252 e. The Morgan fingerprint density at radius 3 is 1.01 bits per heavy atom. The zero-order valence-corrected chi connectivity index (χ0v) is 73.8. The van der Waals surface area contributed by atoms with Gasteiger partial charge in [0.15, 0.2) is 0 Å². The Morgan fingerprint density at radius 1 is 0.225 bits per heavy atom. The van der Waals surface area contributed by atoms with Gasteiger partial charge in [-0.1, -0.05) is 291 Å². The summed E-state index contributed by atoms with van der Waals surface area (Å²) in [6.07, 6.45) is 0. The molecular formula is C113H109BN6. The second-order valence-electron chi connectivity index (χ2n) is 41.6. The number of benzene rings is 14. The second-order valence-corrected chi connectivity index (χ2v) is 41.6. The Labute approximate surface area is 710 Å². The average molecular weight is 1560 g/mol. The van der Waals surface area contributed by atoms with E-state index in [1.807, 2.05) is 0 Å². The van der Waals surface area contributed by atoms with Crippen molar-refractivity contribution in [3.05, 3.63) is 324 Å². The van der Waals surface area contributed by atoms with Gasteiger partial charge in [-0.15, -0.1) is 0 Å². The summed E-state index contributed by atoms with van der Waals surface area (Å²) in [5.41, 5.74) is 35.1. The number of nitrogens with zero attached hydrogens (tertiary/aromatic N) is 6. The first-order chi connectivity index (χ1) is 56.8. The Balaban J connectivity index is 0.982. The van der Waals surface area contributed by atoms with E-state index in [0.717, 1.165) is 117 Å². The van der Waals surface area contributed by atoms with Gasteiger partial charge in [0.05, 0.1) is 44.4 Å². The molecule has 5 heterocycles. The van der Waals surface area contributed by atoms with Gasteiger partial charge in [-0.05, 0) is 260 Å². The van der Waals surface area contributed by atoms with Crippen molar-refractivity contribution >= 4 is 123 Å². The molecule has 120 heavy (non-hydrogen) atoms. The molecule has 594 valence electrons. The van der Waals surface area contributed by atoms with Crippen LogP contribution >= 0.6 is 0 Å². The molecule has 0 bridgehead atoms. The lowest BCUT2D eigenvalue weighted by atomic mass is 9.33. The van der Waals surface area contributed by atoms with E-state index in [-0.39, 0.29) is 44.6 Å². The van der Waals surface area contributed by atoms with Gasteiger partial charge in [0.25, 0.3) is 6.71 Å². The van der Waals surface area contributed by atoms with Crippen LogP contribution in [0.3, 0.4) is 0 Å². The lowest BCUT2D eigenvalue weighted by Gasteiger charge is -2.45. The molecule has 2 aliphatic rings. The Hall–Kier alpha value is -12.4. The van der Waals surface area contributed by atoms with Crippen LogP contribution in [0.1, 0.15) is 190 Å². The fourth-order valence-corrected chi connectivity index (χ4v) is 19.1. The van der Waals surface area contributed by atoms with Crippen LogP contribution < -0.4 is 26.2 Å². The van der Waals surface area contributed by atoms with Crippen LogP contribution in [0.25, 0.3) is 116 Å². The maximum atomic E-state index is 11.7. The highest BCUT2D eigenvalue weighted by Gasteiger charge is 2.45. The number of para-hydroxylation sites is 2. The summed E-state index contributed by atoms with van der Waals surface area (Å²) in [4.78, 5) is 5.26. The molecule has 0 saturated carbocycles. The summed E-state index contributed by atoms with van der Waals surface area (Å²) in [6.45, 7) is 48.7. The van der Waals surface area contributed by atoms with Crippen molar-refractivity contribution in [1.82, 2.24) is 13.7 Å². The zero-order valence-electron chi connectivity index (χ0n) is 73.8. The lowest BCUT2D eigenvalue weighted by molar-refractivity contribution is 0.569. The Morgan fingerprint density at radius 2 is 0.575 bits per heavy atom. The topological polar surface area (TPSA) is 45.1 Å². The fourth-order valence-electron chi connectivity index (χ4n) is 19.1. The monoisotopic (exact) mass is 1560 g/mol. The van der Waals surface area contributed by atoms with Gasteiger partial charge in [0.1, 0.15) is 6.07 Å². The van der Waals surface area contributed by atoms with E-state index in [4.69, 9.17) is 0 Å². The van der Waals surface area contributed by atoms with Crippen molar-refractivity contribution in [1.29, 1.82) is 5.26 Å². The molecule has 0 saturated heterocycles. The second kappa shape index (κ2) is 27.3. The van der Waals surface area contributed by atoms with Gasteiger partial charge in [-0.3, -0.25) is 0 Å². The summed E-state index contributed by atoms with van der Waals surface area (Å²) < 4.78 is 7.42. The number of nitriles is 1. The van der Waals surface area contributed by atoms with E-state index >= 15 is 0 Å². The molecule has 0 atom stereocenters. The SMILES string of the molecule is CC(C)(C)c1cccc(-c2cc(-c3ccccc3)cc(N3c4cc(-n5c6ccc(C(C)(C)C)cc6c6cc(C(C)(C)C)ccc65)ccc4B4c5ccc(-n6c7ccc(C(C)(C)C)cc7c7cc(C(C)(C)C)ccc76)cc5N(c5ccc(C#N)c(-n6c7ccccc7c7ccccc76)c5)c5cc(-c6cc(C(C)(C)C)cc(C(C)(C)C)c6)cc3c54)c2)c1. The molecule has 0 N–H and O–H groups in total. The predicted molar refractivity (Wildman–Crippen MR) is 515 cm³/mol. The number of rotatable bonds is 8. The van der Waals surface area contributed by atoms with E-state index in [2.05, 4.69) is 454 Å². The molecule has 14 aromatic carbocycles. The molecule has 0 unspecified atom stereocenters. The average Bonchev–Trinajstić information content (AvgIpc) is 0.904. The molecule has 6 nitrogen and oxygen atoms in total. The van der Waals surface area contributed by atoms with Gasteiger partial charge in [0.2, 0.25) is 0 Å². The molecule has 0 aliphatic carbocycles. The standard InChI is InChI=1S/C113H109BN6/c1-107(2,3)76-33-29-32-70(53-76)73-52-72(69-30-23-22-24-31-69)56-86(57-73)119-103-67-85(117-99-50-41-79(110(10,11)12)63-91(99)92-64-80(111(13,14)15)42-51-100(92)117)45-47-94(103)114-93-46-44-84(116-97-48-39-77(108(4,5)6)61-89(97)90-62-78(109(7,8)9)40-49-98(90)116)66-102(93)118(104-58-75(59-105(119)106(104)114)74-54-81(112(16,17)18)60-82(55-74)113(19,20)21)83-43-38-71(68-115)101(65-83)120-95-36-27-25-34-87(95)88-35-26-28-37-96(88)120/h22-67H,1-21H3. The van der Waals surface area contributed by atoms with Crippen molar-refractivity contribution in [3.63, 3.8) is 0 Å².